The van der Waals surface area contributed by atoms with Gasteiger partial charge < -0.3 is 13.8 Å². The summed E-state index contributed by atoms with van der Waals surface area (Å²) in [4.78, 5) is 15.9. The van der Waals surface area contributed by atoms with Crippen LogP contribution in [-0.4, -0.2) is 19.9 Å². The number of rotatable bonds is 3. The lowest BCUT2D eigenvalue weighted by molar-refractivity contribution is 0.579. The van der Waals surface area contributed by atoms with E-state index in [9.17, 15) is 0 Å². The molecule has 0 aliphatic rings. The van der Waals surface area contributed by atoms with Gasteiger partial charge in [-0.25, -0.2) is 9.97 Å². The van der Waals surface area contributed by atoms with Crippen LogP contribution in [0.2, 0.25) is 0 Å². The molecule has 0 saturated carbocycles. The zero-order valence-electron chi connectivity index (χ0n) is 10.2. The van der Waals surface area contributed by atoms with Gasteiger partial charge in [-0.05, 0) is 18.2 Å². The third-order valence-electron chi connectivity index (χ3n) is 2.80. The zero-order valence-corrected chi connectivity index (χ0v) is 10.2. The molecule has 0 aromatic carbocycles. The first-order chi connectivity index (χ1) is 9.90. The summed E-state index contributed by atoms with van der Waals surface area (Å²) in [6.07, 6.45) is 4.74. The summed E-state index contributed by atoms with van der Waals surface area (Å²) in [5, 5.41) is 2.98. The molecule has 20 heavy (non-hydrogen) atoms. The summed E-state index contributed by atoms with van der Waals surface area (Å²) >= 11 is 0. The van der Waals surface area contributed by atoms with Gasteiger partial charge in [0.15, 0.2) is 17.3 Å². The van der Waals surface area contributed by atoms with E-state index in [0.717, 1.165) is 5.52 Å². The number of imidazole rings is 1. The average molecular weight is 267 g/mol. The lowest BCUT2D eigenvalue weighted by Crippen LogP contribution is -1.98. The van der Waals surface area contributed by atoms with Crippen LogP contribution >= 0.6 is 0 Å². The van der Waals surface area contributed by atoms with E-state index in [1.165, 1.54) is 0 Å². The Morgan fingerprint density at radius 3 is 2.75 bits per heavy atom. The summed E-state index contributed by atoms with van der Waals surface area (Å²) in [6.45, 7) is 0. The van der Waals surface area contributed by atoms with Gasteiger partial charge in [0.1, 0.15) is 11.2 Å². The van der Waals surface area contributed by atoms with Crippen LogP contribution < -0.4 is 5.32 Å². The van der Waals surface area contributed by atoms with Crippen molar-refractivity contribution in [1.82, 2.24) is 19.9 Å². The highest BCUT2D eigenvalue weighted by atomic mass is 16.3. The number of H-pyrrole nitrogens is 1. The molecule has 0 atom stereocenters. The topological polar surface area (TPSA) is 92.8 Å². The summed E-state index contributed by atoms with van der Waals surface area (Å²) in [5.74, 6) is 1.60. The number of anilines is 2. The highest BCUT2D eigenvalue weighted by Gasteiger charge is 2.14. The van der Waals surface area contributed by atoms with Crippen molar-refractivity contribution in [3.8, 4) is 11.5 Å². The predicted octanol–water partition coefficient (Wildman–Crippen LogP) is 2.95. The normalized spacial score (nSPS) is 11.0. The molecular weight excluding hydrogens is 258 g/mol. The zero-order chi connectivity index (χ0) is 13.4. The second-order valence-electron chi connectivity index (χ2n) is 4.08. The van der Waals surface area contributed by atoms with Gasteiger partial charge in [0.05, 0.1) is 18.9 Å². The van der Waals surface area contributed by atoms with Gasteiger partial charge in [-0.2, -0.15) is 4.98 Å². The highest BCUT2D eigenvalue weighted by molar-refractivity contribution is 5.86. The summed E-state index contributed by atoms with van der Waals surface area (Å²) < 4.78 is 10.6. The van der Waals surface area contributed by atoms with Crippen LogP contribution in [0.3, 0.4) is 0 Å². The van der Waals surface area contributed by atoms with Crippen LogP contribution in [0.4, 0.5) is 11.8 Å². The smallest absolute Gasteiger partial charge is 0.232 e. The highest BCUT2D eigenvalue weighted by Crippen LogP contribution is 2.26. The van der Waals surface area contributed by atoms with E-state index in [1.807, 2.05) is 6.07 Å². The number of aromatic nitrogens is 4. The molecule has 4 aromatic heterocycles. The fourth-order valence-electron chi connectivity index (χ4n) is 1.94. The second-order valence-corrected chi connectivity index (χ2v) is 4.08. The third-order valence-corrected chi connectivity index (χ3v) is 2.80. The Labute approximate surface area is 112 Å². The van der Waals surface area contributed by atoms with Crippen molar-refractivity contribution in [2.75, 3.05) is 5.32 Å². The largest absolute Gasteiger partial charge is 0.463 e. The summed E-state index contributed by atoms with van der Waals surface area (Å²) in [7, 11) is 0. The number of hydrogen-bond acceptors (Lipinski definition) is 6. The first kappa shape index (κ1) is 10.8. The molecule has 0 aliphatic carbocycles. The number of aromatic amines is 1. The monoisotopic (exact) mass is 267 g/mol. The van der Waals surface area contributed by atoms with E-state index in [1.54, 1.807) is 37.1 Å². The molecule has 0 unspecified atom stereocenters. The molecule has 0 radical (unpaired) electrons. The minimum absolute atomic E-state index is 0.394. The van der Waals surface area contributed by atoms with Crippen molar-refractivity contribution >= 4 is 23.0 Å². The second kappa shape index (κ2) is 4.23. The molecule has 2 N–H and O–H groups in total. The summed E-state index contributed by atoms with van der Waals surface area (Å²) in [5.41, 5.74) is 1.93. The molecular formula is C13H9N5O2. The SMILES string of the molecule is c1coc(Nc2nc(-c3ccco3)c3[nH]cnc3n2)c1. The number of fused-ring (bicyclic) bond motifs is 1. The van der Waals surface area contributed by atoms with Crippen LogP contribution in [0.15, 0.2) is 52.0 Å². The number of furan rings is 2. The standard InChI is InChI=1S/C13H9N5O2/c1-3-8(19-5-1)10-11-12(15-7-14-11)18-13(17-10)16-9-4-2-6-20-9/h1-7H,(H2,14,15,16,17,18). The van der Waals surface area contributed by atoms with E-state index in [4.69, 9.17) is 8.83 Å². The Kier molecular flexibility index (Phi) is 2.28. The molecule has 7 heteroatoms. The molecule has 0 aliphatic heterocycles. The Morgan fingerprint density at radius 2 is 1.95 bits per heavy atom. The Hall–Kier alpha value is -3.09. The minimum Gasteiger partial charge on any atom is -0.463 e. The van der Waals surface area contributed by atoms with Crippen molar-refractivity contribution in [1.29, 1.82) is 0 Å². The van der Waals surface area contributed by atoms with Gasteiger partial charge in [-0.3, -0.25) is 5.32 Å². The Morgan fingerprint density at radius 1 is 1.05 bits per heavy atom. The molecule has 7 nitrogen and oxygen atoms in total. The van der Waals surface area contributed by atoms with Crippen LogP contribution in [0, 0.1) is 0 Å². The molecule has 0 fully saturated rings. The van der Waals surface area contributed by atoms with Gasteiger partial charge in [0, 0.05) is 6.07 Å². The lowest BCUT2D eigenvalue weighted by atomic mass is 10.3. The van der Waals surface area contributed by atoms with Crippen molar-refractivity contribution in [3.63, 3.8) is 0 Å². The first-order valence-corrected chi connectivity index (χ1v) is 5.96. The third kappa shape index (κ3) is 1.72. The Balaban J connectivity index is 1.86. The number of nitrogens with zero attached hydrogens (tertiary/aromatic N) is 3. The van der Waals surface area contributed by atoms with Gasteiger partial charge >= 0.3 is 0 Å². The lowest BCUT2D eigenvalue weighted by Gasteiger charge is -2.04. The van der Waals surface area contributed by atoms with E-state index in [0.29, 0.717) is 28.9 Å². The van der Waals surface area contributed by atoms with Crippen LogP contribution in [0.25, 0.3) is 22.6 Å². The maximum absolute atomic E-state index is 5.40. The maximum Gasteiger partial charge on any atom is 0.232 e. The minimum atomic E-state index is 0.394. The molecule has 98 valence electrons. The quantitative estimate of drug-likeness (QED) is 0.592. The van der Waals surface area contributed by atoms with Gasteiger partial charge in [-0.1, -0.05) is 0 Å². The molecule has 0 spiro atoms. The van der Waals surface area contributed by atoms with E-state index in [2.05, 4.69) is 25.3 Å². The molecule has 4 aromatic rings. The molecule has 4 heterocycles. The van der Waals surface area contributed by atoms with E-state index >= 15 is 0 Å². The van der Waals surface area contributed by atoms with Crippen molar-refractivity contribution in [3.05, 3.63) is 43.1 Å². The average Bonchev–Trinajstić information content (AvgIpc) is 3.20. The van der Waals surface area contributed by atoms with Crippen LogP contribution in [0.1, 0.15) is 0 Å². The van der Waals surface area contributed by atoms with E-state index in [-0.39, 0.29) is 0 Å². The first-order valence-electron chi connectivity index (χ1n) is 5.96. The summed E-state index contributed by atoms with van der Waals surface area (Å²) in [6, 6.07) is 7.20. The molecule has 0 amide bonds. The molecule has 4 rings (SSSR count). The van der Waals surface area contributed by atoms with Crippen molar-refractivity contribution in [2.24, 2.45) is 0 Å². The van der Waals surface area contributed by atoms with E-state index < -0.39 is 0 Å². The Bertz CT molecular complexity index is 833. The molecule has 0 bridgehead atoms. The van der Waals surface area contributed by atoms with Crippen LogP contribution in [-0.2, 0) is 0 Å². The van der Waals surface area contributed by atoms with Crippen molar-refractivity contribution < 1.29 is 8.83 Å². The molecule has 0 saturated heterocycles. The number of hydrogen-bond donors (Lipinski definition) is 2. The van der Waals surface area contributed by atoms with Crippen LogP contribution in [0.5, 0.6) is 0 Å². The fourth-order valence-corrected chi connectivity index (χ4v) is 1.94. The predicted molar refractivity (Wildman–Crippen MR) is 71.4 cm³/mol. The maximum atomic E-state index is 5.40. The van der Waals surface area contributed by atoms with Gasteiger partial charge in [0.25, 0.3) is 0 Å². The van der Waals surface area contributed by atoms with Gasteiger partial charge in [0.2, 0.25) is 5.95 Å². The van der Waals surface area contributed by atoms with Crippen molar-refractivity contribution in [2.45, 2.75) is 0 Å². The number of nitrogens with one attached hydrogen (secondary N) is 2. The van der Waals surface area contributed by atoms with Gasteiger partial charge in [-0.15, -0.1) is 0 Å². The fraction of sp³-hybridized carbons (Fsp3) is 0.